The number of thiophene rings is 1. The molecule has 0 unspecified atom stereocenters. The van der Waals surface area contributed by atoms with Crippen molar-refractivity contribution in [1.82, 2.24) is 9.97 Å². The normalized spacial score (nSPS) is 11.1. The zero-order valence-electron chi connectivity index (χ0n) is 8.40. The molecule has 3 rings (SSSR count). The Kier molecular flexibility index (Phi) is 2.53. The molecule has 0 saturated heterocycles. The maximum absolute atomic E-state index is 4.04. The van der Waals surface area contributed by atoms with Crippen LogP contribution in [0.4, 0.5) is 0 Å². The van der Waals surface area contributed by atoms with Gasteiger partial charge in [-0.15, -0.1) is 11.3 Å². The molecule has 2 aromatic heterocycles. The van der Waals surface area contributed by atoms with Crippen LogP contribution >= 0.6 is 27.3 Å². The first-order valence-corrected chi connectivity index (χ1v) is 6.58. The van der Waals surface area contributed by atoms with Gasteiger partial charge in [0.25, 0.3) is 0 Å². The van der Waals surface area contributed by atoms with Gasteiger partial charge in [-0.05, 0) is 22.0 Å². The molecule has 1 N–H and O–H groups in total. The summed E-state index contributed by atoms with van der Waals surface area (Å²) < 4.78 is 2.53. The number of aromatic amines is 1. The van der Waals surface area contributed by atoms with Crippen molar-refractivity contribution in [2.24, 2.45) is 0 Å². The Morgan fingerprint density at radius 2 is 2.19 bits per heavy atom. The molecule has 16 heavy (non-hydrogen) atoms. The van der Waals surface area contributed by atoms with Crippen molar-refractivity contribution in [1.29, 1.82) is 0 Å². The molecule has 0 amide bonds. The van der Waals surface area contributed by atoms with Crippen LogP contribution in [-0.2, 0) is 6.42 Å². The van der Waals surface area contributed by atoms with Gasteiger partial charge in [-0.3, -0.25) is 0 Å². The number of H-pyrrole nitrogens is 1. The highest BCUT2D eigenvalue weighted by molar-refractivity contribution is 9.10. The summed E-state index contributed by atoms with van der Waals surface area (Å²) in [5, 5.41) is 1.29. The van der Waals surface area contributed by atoms with E-state index in [1.54, 1.807) is 6.33 Å². The standard InChI is InChI=1S/C12H9BrN2S/c13-12-9-3-1-2-4-10(9)16-11(12)5-8-6-14-7-15-8/h1-4,6-7H,5H2,(H,14,15). The van der Waals surface area contributed by atoms with Crippen LogP contribution < -0.4 is 0 Å². The molecule has 0 fully saturated rings. The Bertz CT molecular complexity index is 613. The van der Waals surface area contributed by atoms with Gasteiger partial charge in [-0.2, -0.15) is 0 Å². The van der Waals surface area contributed by atoms with E-state index in [0.717, 1.165) is 12.1 Å². The zero-order chi connectivity index (χ0) is 11.0. The second-order valence-corrected chi connectivity index (χ2v) is 5.52. The van der Waals surface area contributed by atoms with E-state index >= 15 is 0 Å². The molecule has 3 aromatic rings. The Balaban J connectivity index is 2.07. The molecule has 0 aliphatic rings. The van der Waals surface area contributed by atoms with Crippen molar-refractivity contribution >= 4 is 37.4 Å². The van der Waals surface area contributed by atoms with E-state index in [-0.39, 0.29) is 0 Å². The second-order valence-electron chi connectivity index (χ2n) is 3.59. The first kappa shape index (κ1) is 10.1. The third-order valence-corrected chi connectivity index (χ3v) is 4.85. The minimum absolute atomic E-state index is 0.903. The molecular formula is C12H9BrN2S. The third kappa shape index (κ3) is 1.68. The summed E-state index contributed by atoms with van der Waals surface area (Å²) in [4.78, 5) is 8.51. The SMILES string of the molecule is Brc1c(Cc2cnc[nH]2)sc2ccccc12. The summed E-state index contributed by atoms with van der Waals surface area (Å²) in [5.41, 5.74) is 1.15. The largest absolute Gasteiger partial charge is 0.348 e. The summed E-state index contributed by atoms with van der Waals surface area (Å²) >= 11 is 5.50. The van der Waals surface area contributed by atoms with Crippen molar-refractivity contribution in [2.45, 2.75) is 6.42 Å². The predicted molar refractivity (Wildman–Crippen MR) is 70.9 cm³/mol. The smallest absolute Gasteiger partial charge is 0.0921 e. The lowest BCUT2D eigenvalue weighted by molar-refractivity contribution is 1.13. The van der Waals surface area contributed by atoms with Crippen LogP contribution in [0.5, 0.6) is 0 Å². The van der Waals surface area contributed by atoms with Crippen molar-refractivity contribution in [3.8, 4) is 0 Å². The number of imidazole rings is 1. The van der Waals surface area contributed by atoms with Crippen LogP contribution in [0.25, 0.3) is 10.1 Å². The monoisotopic (exact) mass is 292 g/mol. The lowest BCUT2D eigenvalue weighted by atomic mass is 10.2. The third-order valence-electron chi connectivity index (χ3n) is 2.51. The Morgan fingerprint density at radius 1 is 1.31 bits per heavy atom. The second kappa shape index (κ2) is 4.03. The molecule has 1 aromatic carbocycles. The number of halogens is 1. The van der Waals surface area contributed by atoms with Crippen molar-refractivity contribution < 1.29 is 0 Å². The fourth-order valence-electron chi connectivity index (χ4n) is 1.73. The van der Waals surface area contributed by atoms with E-state index in [4.69, 9.17) is 0 Å². The number of aromatic nitrogens is 2. The molecular weight excluding hydrogens is 284 g/mol. The van der Waals surface area contributed by atoms with Gasteiger partial charge < -0.3 is 4.98 Å². The summed E-state index contributed by atoms with van der Waals surface area (Å²) in [6.45, 7) is 0. The molecule has 0 aliphatic carbocycles. The van der Waals surface area contributed by atoms with Gasteiger partial charge in [0, 0.05) is 37.7 Å². The van der Waals surface area contributed by atoms with E-state index < -0.39 is 0 Å². The fraction of sp³-hybridized carbons (Fsp3) is 0.0833. The average molecular weight is 293 g/mol. The van der Waals surface area contributed by atoms with Gasteiger partial charge in [-0.1, -0.05) is 18.2 Å². The van der Waals surface area contributed by atoms with E-state index in [0.29, 0.717) is 0 Å². The van der Waals surface area contributed by atoms with Gasteiger partial charge in [0.1, 0.15) is 0 Å². The molecule has 80 valence electrons. The lowest BCUT2D eigenvalue weighted by Crippen LogP contribution is -1.84. The summed E-state index contributed by atoms with van der Waals surface area (Å²) in [6.07, 6.45) is 4.49. The number of benzene rings is 1. The van der Waals surface area contributed by atoms with Gasteiger partial charge in [0.15, 0.2) is 0 Å². The molecule has 2 heterocycles. The summed E-state index contributed by atoms with van der Waals surface area (Å²) in [6, 6.07) is 8.44. The Morgan fingerprint density at radius 3 is 2.94 bits per heavy atom. The van der Waals surface area contributed by atoms with Gasteiger partial charge in [0.05, 0.1) is 6.33 Å². The summed E-state index contributed by atoms with van der Waals surface area (Å²) in [5.74, 6) is 0. The van der Waals surface area contributed by atoms with Crippen LogP contribution in [-0.4, -0.2) is 9.97 Å². The van der Waals surface area contributed by atoms with Crippen LogP contribution in [0.1, 0.15) is 10.6 Å². The number of fused-ring (bicyclic) bond motifs is 1. The van der Waals surface area contributed by atoms with Crippen LogP contribution in [0.15, 0.2) is 41.3 Å². The van der Waals surface area contributed by atoms with Gasteiger partial charge >= 0.3 is 0 Å². The highest BCUT2D eigenvalue weighted by Gasteiger charge is 2.09. The Hall–Kier alpha value is -1.13. The molecule has 0 spiro atoms. The predicted octanol–water partition coefficient (Wildman–Crippen LogP) is 3.98. The lowest BCUT2D eigenvalue weighted by Gasteiger charge is -1.94. The van der Waals surface area contributed by atoms with E-state index in [9.17, 15) is 0 Å². The van der Waals surface area contributed by atoms with Crippen LogP contribution in [0.2, 0.25) is 0 Å². The first-order valence-electron chi connectivity index (χ1n) is 4.98. The quantitative estimate of drug-likeness (QED) is 0.760. The number of hydrogen-bond acceptors (Lipinski definition) is 2. The number of hydrogen-bond donors (Lipinski definition) is 1. The molecule has 0 bridgehead atoms. The molecule has 2 nitrogen and oxygen atoms in total. The highest BCUT2D eigenvalue weighted by atomic mass is 79.9. The van der Waals surface area contributed by atoms with Crippen LogP contribution in [0.3, 0.4) is 0 Å². The molecule has 0 atom stereocenters. The zero-order valence-corrected chi connectivity index (χ0v) is 10.8. The minimum Gasteiger partial charge on any atom is -0.348 e. The van der Waals surface area contributed by atoms with Gasteiger partial charge in [0.2, 0.25) is 0 Å². The van der Waals surface area contributed by atoms with Crippen LogP contribution in [0, 0.1) is 0 Å². The van der Waals surface area contributed by atoms with E-state index in [1.807, 2.05) is 17.5 Å². The van der Waals surface area contributed by atoms with Crippen molar-refractivity contribution in [3.63, 3.8) is 0 Å². The number of nitrogens with one attached hydrogen (secondary N) is 1. The number of rotatable bonds is 2. The van der Waals surface area contributed by atoms with Crippen molar-refractivity contribution in [2.75, 3.05) is 0 Å². The average Bonchev–Trinajstić information content (AvgIpc) is 2.90. The van der Waals surface area contributed by atoms with E-state index in [2.05, 4.69) is 50.2 Å². The fourth-order valence-corrected chi connectivity index (χ4v) is 3.71. The molecule has 4 heteroatoms. The molecule has 0 aliphatic heterocycles. The molecule has 0 radical (unpaired) electrons. The maximum Gasteiger partial charge on any atom is 0.0921 e. The van der Waals surface area contributed by atoms with Gasteiger partial charge in [-0.25, -0.2) is 4.98 Å². The van der Waals surface area contributed by atoms with E-state index in [1.165, 1.54) is 19.4 Å². The minimum atomic E-state index is 0.903. The Labute approximate surface area is 105 Å². The summed E-state index contributed by atoms with van der Waals surface area (Å²) in [7, 11) is 0. The number of nitrogens with zero attached hydrogens (tertiary/aromatic N) is 1. The first-order chi connectivity index (χ1) is 7.84. The molecule has 0 saturated carbocycles. The highest BCUT2D eigenvalue weighted by Crippen LogP contribution is 2.36. The van der Waals surface area contributed by atoms with Crippen molar-refractivity contribution in [3.05, 3.63) is 51.8 Å². The topological polar surface area (TPSA) is 28.7 Å². The maximum atomic E-state index is 4.04.